The van der Waals surface area contributed by atoms with Gasteiger partial charge in [-0.2, -0.15) is 4.31 Å². The summed E-state index contributed by atoms with van der Waals surface area (Å²) in [5.41, 5.74) is 0. The van der Waals surface area contributed by atoms with Crippen molar-refractivity contribution in [2.45, 2.75) is 36.9 Å². The third-order valence-corrected chi connectivity index (χ3v) is 6.65. The SMILES string of the molecule is CC(C)NCCc1ccc(S(=O)(=O)N2CC=CCC2)s1. The molecule has 2 rings (SSSR count). The third kappa shape index (κ3) is 3.91. The second-order valence-corrected chi connectivity index (χ2v) is 8.54. The average Bonchev–Trinajstić information content (AvgIpc) is 2.89. The normalized spacial score (nSPS) is 16.9. The summed E-state index contributed by atoms with van der Waals surface area (Å²) in [6.07, 6.45) is 5.62. The molecule has 0 atom stereocenters. The van der Waals surface area contributed by atoms with E-state index < -0.39 is 10.0 Å². The average molecular weight is 314 g/mol. The molecule has 1 N–H and O–H groups in total. The molecule has 0 spiro atoms. The molecule has 112 valence electrons. The number of nitrogens with zero attached hydrogens (tertiary/aromatic N) is 1. The maximum atomic E-state index is 12.5. The van der Waals surface area contributed by atoms with Crippen LogP contribution in [-0.2, 0) is 16.4 Å². The van der Waals surface area contributed by atoms with Gasteiger partial charge in [-0.05, 0) is 25.0 Å². The lowest BCUT2D eigenvalue weighted by Crippen LogP contribution is -2.33. The molecule has 0 saturated heterocycles. The van der Waals surface area contributed by atoms with E-state index in [9.17, 15) is 8.42 Å². The van der Waals surface area contributed by atoms with Crippen LogP contribution in [0.25, 0.3) is 0 Å². The Morgan fingerprint density at radius 2 is 2.15 bits per heavy atom. The van der Waals surface area contributed by atoms with Gasteiger partial charge in [0.2, 0.25) is 0 Å². The smallest absolute Gasteiger partial charge is 0.252 e. The van der Waals surface area contributed by atoms with E-state index in [0.29, 0.717) is 23.3 Å². The first-order valence-electron chi connectivity index (χ1n) is 6.97. The van der Waals surface area contributed by atoms with Crippen LogP contribution in [0.1, 0.15) is 25.1 Å². The van der Waals surface area contributed by atoms with E-state index in [1.54, 1.807) is 10.4 Å². The summed E-state index contributed by atoms with van der Waals surface area (Å²) >= 11 is 1.39. The standard InChI is InChI=1S/C14H22N2O2S2/c1-12(2)15-9-8-13-6-7-14(19-13)20(17,18)16-10-4-3-5-11-16/h3-4,6-7,12,15H,5,8-11H2,1-2H3. The minimum Gasteiger partial charge on any atom is -0.314 e. The van der Waals surface area contributed by atoms with Crippen LogP contribution in [0, 0.1) is 0 Å². The number of hydrogen-bond acceptors (Lipinski definition) is 4. The maximum Gasteiger partial charge on any atom is 0.252 e. The highest BCUT2D eigenvalue weighted by molar-refractivity contribution is 7.91. The number of rotatable bonds is 6. The lowest BCUT2D eigenvalue weighted by molar-refractivity contribution is 0.439. The molecule has 0 unspecified atom stereocenters. The molecule has 1 aliphatic rings. The molecule has 0 fully saturated rings. The van der Waals surface area contributed by atoms with E-state index in [1.165, 1.54) is 11.3 Å². The fraction of sp³-hybridized carbons (Fsp3) is 0.571. The summed E-state index contributed by atoms with van der Waals surface area (Å²) in [7, 11) is -3.30. The van der Waals surface area contributed by atoms with Crippen LogP contribution < -0.4 is 5.32 Å². The predicted octanol–water partition coefficient (Wildman–Crippen LogP) is 2.24. The monoisotopic (exact) mass is 314 g/mol. The molecule has 0 bridgehead atoms. The van der Waals surface area contributed by atoms with Gasteiger partial charge in [-0.15, -0.1) is 11.3 Å². The zero-order chi connectivity index (χ0) is 14.6. The summed E-state index contributed by atoms with van der Waals surface area (Å²) in [5, 5.41) is 3.34. The number of sulfonamides is 1. The van der Waals surface area contributed by atoms with E-state index >= 15 is 0 Å². The number of nitrogens with one attached hydrogen (secondary N) is 1. The molecule has 1 aromatic heterocycles. The molecule has 2 heterocycles. The Labute approximate surface area is 125 Å². The summed E-state index contributed by atoms with van der Waals surface area (Å²) in [5.74, 6) is 0. The molecule has 0 amide bonds. The van der Waals surface area contributed by atoms with Gasteiger partial charge in [-0.1, -0.05) is 26.0 Å². The van der Waals surface area contributed by atoms with Crippen molar-refractivity contribution in [3.63, 3.8) is 0 Å². The molecule has 0 aromatic carbocycles. The molecule has 0 saturated carbocycles. The van der Waals surface area contributed by atoms with Crippen molar-refractivity contribution in [1.29, 1.82) is 0 Å². The van der Waals surface area contributed by atoms with Crippen LogP contribution in [0.3, 0.4) is 0 Å². The number of thiophene rings is 1. The predicted molar refractivity (Wildman–Crippen MR) is 83.7 cm³/mol. The number of hydrogen-bond donors (Lipinski definition) is 1. The van der Waals surface area contributed by atoms with Crippen LogP contribution in [0.5, 0.6) is 0 Å². The molecule has 1 aliphatic heterocycles. The molecular formula is C14H22N2O2S2. The van der Waals surface area contributed by atoms with E-state index in [-0.39, 0.29) is 0 Å². The van der Waals surface area contributed by atoms with Crippen molar-refractivity contribution >= 4 is 21.4 Å². The van der Waals surface area contributed by atoms with Crippen LogP contribution in [0.15, 0.2) is 28.5 Å². The Bertz CT molecular complexity index is 561. The first-order chi connectivity index (χ1) is 9.50. The second kappa shape index (κ2) is 6.85. The summed E-state index contributed by atoms with van der Waals surface area (Å²) in [6, 6.07) is 4.13. The third-order valence-electron chi connectivity index (χ3n) is 3.18. The van der Waals surface area contributed by atoms with Gasteiger partial charge < -0.3 is 5.32 Å². The Morgan fingerprint density at radius 1 is 1.35 bits per heavy atom. The maximum absolute atomic E-state index is 12.5. The van der Waals surface area contributed by atoms with Gasteiger partial charge in [0, 0.05) is 30.6 Å². The minimum atomic E-state index is -3.30. The highest BCUT2D eigenvalue weighted by Crippen LogP contribution is 2.26. The van der Waals surface area contributed by atoms with Crippen LogP contribution >= 0.6 is 11.3 Å². The largest absolute Gasteiger partial charge is 0.314 e. The van der Waals surface area contributed by atoms with Crippen LogP contribution in [0.2, 0.25) is 0 Å². The van der Waals surface area contributed by atoms with Crippen molar-refractivity contribution in [3.8, 4) is 0 Å². The Kier molecular flexibility index (Phi) is 5.37. The second-order valence-electron chi connectivity index (χ2n) is 5.20. The molecule has 0 aliphatic carbocycles. The molecule has 0 radical (unpaired) electrons. The molecular weight excluding hydrogens is 292 g/mol. The van der Waals surface area contributed by atoms with Gasteiger partial charge in [0.15, 0.2) is 0 Å². The van der Waals surface area contributed by atoms with E-state index in [1.807, 2.05) is 18.2 Å². The highest BCUT2D eigenvalue weighted by atomic mass is 32.2. The van der Waals surface area contributed by atoms with Crippen molar-refractivity contribution < 1.29 is 8.42 Å². The Morgan fingerprint density at radius 3 is 2.80 bits per heavy atom. The molecule has 20 heavy (non-hydrogen) atoms. The first kappa shape index (κ1) is 15.7. The fourth-order valence-corrected chi connectivity index (χ4v) is 5.00. The lowest BCUT2D eigenvalue weighted by Gasteiger charge is -2.21. The topological polar surface area (TPSA) is 49.4 Å². The minimum absolute atomic E-state index is 0.457. The van der Waals surface area contributed by atoms with E-state index in [2.05, 4.69) is 19.2 Å². The molecule has 4 nitrogen and oxygen atoms in total. The van der Waals surface area contributed by atoms with Gasteiger partial charge >= 0.3 is 0 Å². The summed E-state index contributed by atoms with van der Waals surface area (Å²) < 4.78 is 27.0. The van der Waals surface area contributed by atoms with E-state index in [0.717, 1.165) is 24.3 Å². The van der Waals surface area contributed by atoms with Crippen LogP contribution in [-0.4, -0.2) is 38.4 Å². The van der Waals surface area contributed by atoms with Gasteiger partial charge in [-0.25, -0.2) is 8.42 Å². The van der Waals surface area contributed by atoms with Crippen molar-refractivity contribution in [2.24, 2.45) is 0 Å². The van der Waals surface area contributed by atoms with Crippen molar-refractivity contribution in [2.75, 3.05) is 19.6 Å². The summed E-state index contributed by atoms with van der Waals surface area (Å²) in [6.45, 7) is 6.16. The van der Waals surface area contributed by atoms with Crippen molar-refractivity contribution in [3.05, 3.63) is 29.2 Å². The Hall–Kier alpha value is -0.690. The molecule has 1 aromatic rings. The zero-order valence-corrected chi connectivity index (χ0v) is 13.6. The molecule has 6 heteroatoms. The van der Waals surface area contributed by atoms with Gasteiger partial charge in [0.25, 0.3) is 10.0 Å². The van der Waals surface area contributed by atoms with Crippen molar-refractivity contribution in [1.82, 2.24) is 9.62 Å². The van der Waals surface area contributed by atoms with Gasteiger partial charge in [0.1, 0.15) is 4.21 Å². The lowest BCUT2D eigenvalue weighted by atomic mass is 10.3. The Balaban J connectivity index is 2.02. The quantitative estimate of drug-likeness (QED) is 0.819. The summed E-state index contributed by atoms with van der Waals surface area (Å²) in [4.78, 5) is 1.12. The first-order valence-corrected chi connectivity index (χ1v) is 9.23. The van der Waals surface area contributed by atoms with Gasteiger partial charge in [-0.3, -0.25) is 0 Å². The van der Waals surface area contributed by atoms with E-state index in [4.69, 9.17) is 0 Å². The zero-order valence-electron chi connectivity index (χ0n) is 12.0. The van der Waals surface area contributed by atoms with Gasteiger partial charge in [0.05, 0.1) is 0 Å². The fourth-order valence-electron chi connectivity index (χ4n) is 2.08. The van der Waals surface area contributed by atoms with Crippen LogP contribution in [0.4, 0.5) is 0 Å². The highest BCUT2D eigenvalue weighted by Gasteiger charge is 2.25.